The number of allylic oxidation sites excluding steroid dienone is 2. The monoisotopic (exact) mass is 404 g/mol. The van der Waals surface area contributed by atoms with Crippen LogP contribution >= 0.6 is 0 Å². The van der Waals surface area contributed by atoms with Gasteiger partial charge in [-0.1, -0.05) is 24.3 Å². The van der Waals surface area contributed by atoms with Gasteiger partial charge in [-0.05, 0) is 63.1 Å². The number of hydrogen-bond donors (Lipinski definition) is 0. The van der Waals surface area contributed by atoms with Crippen molar-refractivity contribution in [1.82, 2.24) is 0 Å². The molecule has 2 saturated heterocycles. The van der Waals surface area contributed by atoms with Crippen LogP contribution in [0, 0.1) is 0 Å². The summed E-state index contributed by atoms with van der Waals surface area (Å²) in [6.07, 6.45) is 11.5. The van der Waals surface area contributed by atoms with Gasteiger partial charge in [0.15, 0.2) is 6.29 Å². The van der Waals surface area contributed by atoms with Gasteiger partial charge >= 0.3 is 0 Å². The molecule has 3 rings (SSSR count). The van der Waals surface area contributed by atoms with Crippen LogP contribution in [0.3, 0.4) is 0 Å². The van der Waals surface area contributed by atoms with E-state index in [9.17, 15) is 0 Å². The van der Waals surface area contributed by atoms with Gasteiger partial charge in [0, 0.05) is 5.92 Å². The molecule has 0 saturated carbocycles. The van der Waals surface area contributed by atoms with Gasteiger partial charge < -0.3 is 23.7 Å². The predicted molar refractivity (Wildman–Crippen MR) is 113 cm³/mol. The van der Waals surface area contributed by atoms with Gasteiger partial charge in [0.1, 0.15) is 5.75 Å². The fourth-order valence-electron chi connectivity index (χ4n) is 3.99. The highest BCUT2D eigenvalue weighted by Gasteiger charge is 2.27. The largest absolute Gasteiger partial charge is 0.497 e. The zero-order chi connectivity index (χ0) is 20.3. The summed E-state index contributed by atoms with van der Waals surface area (Å²) in [7, 11) is 1.70. The van der Waals surface area contributed by atoms with E-state index in [0.717, 1.165) is 44.3 Å². The summed E-state index contributed by atoms with van der Waals surface area (Å²) in [5.41, 5.74) is 1.19. The van der Waals surface area contributed by atoms with Gasteiger partial charge in [0.2, 0.25) is 0 Å². The summed E-state index contributed by atoms with van der Waals surface area (Å²) in [5.74, 6) is 1.05. The molecule has 5 nitrogen and oxygen atoms in total. The Labute approximate surface area is 175 Å². The van der Waals surface area contributed by atoms with Crippen molar-refractivity contribution in [3.05, 3.63) is 42.0 Å². The lowest BCUT2D eigenvalue weighted by Gasteiger charge is -2.24. The van der Waals surface area contributed by atoms with E-state index in [1.54, 1.807) is 7.11 Å². The number of unbranched alkanes of at least 4 members (excludes halogenated alkanes) is 1. The molecule has 0 aromatic heterocycles. The number of rotatable bonds is 9. The van der Waals surface area contributed by atoms with E-state index in [-0.39, 0.29) is 12.2 Å². The van der Waals surface area contributed by atoms with Gasteiger partial charge in [0.05, 0.1) is 45.7 Å². The van der Waals surface area contributed by atoms with Crippen LogP contribution in [0.15, 0.2) is 36.4 Å². The third kappa shape index (κ3) is 7.41. The van der Waals surface area contributed by atoms with Gasteiger partial charge in [-0.25, -0.2) is 0 Å². The molecule has 0 radical (unpaired) electrons. The number of hydrogen-bond acceptors (Lipinski definition) is 5. The first-order valence-electron chi connectivity index (χ1n) is 11.0. The molecule has 2 aliphatic heterocycles. The van der Waals surface area contributed by atoms with Crippen LogP contribution in [0.25, 0.3) is 0 Å². The Bertz CT molecular complexity index is 611. The summed E-state index contributed by atoms with van der Waals surface area (Å²) in [6.45, 7) is 4.92. The maximum Gasteiger partial charge on any atom is 0.164 e. The van der Waals surface area contributed by atoms with Crippen molar-refractivity contribution in [2.45, 2.75) is 69.9 Å². The molecule has 5 heteroatoms. The lowest BCUT2D eigenvalue weighted by molar-refractivity contribution is -0.0604. The Morgan fingerprint density at radius 2 is 1.83 bits per heavy atom. The summed E-state index contributed by atoms with van der Waals surface area (Å²) in [5, 5.41) is 0. The molecule has 1 aromatic rings. The zero-order valence-corrected chi connectivity index (χ0v) is 17.9. The maximum absolute atomic E-state index is 5.93. The summed E-state index contributed by atoms with van der Waals surface area (Å²) < 4.78 is 28.6. The van der Waals surface area contributed by atoms with Crippen LogP contribution in [0.4, 0.5) is 0 Å². The van der Waals surface area contributed by atoms with Crippen molar-refractivity contribution in [3.8, 4) is 5.75 Å². The van der Waals surface area contributed by atoms with Crippen LogP contribution in [0.1, 0.15) is 56.9 Å². The minimum atomic E-state index is -0.181. The Kier molecular flexibility index (Phi) is 9.48. The molecule has 1 aromatic carbocycles. The van der Waals surface area contributed by atoms with E-state index in [4.69, 9.17) is 23.7 Å². The zero-order valence-electron chi connectivity index (χ0n) is 17.9. The quantitative estimate of drug-likeness (QED) is 0.435. The smallest absolute Gasteiger partial charge is 0.164 e. The van der Waals surface area contributed by atoms with Crippen molar-refractivity contribution >= 4 is 0 Å². The van der Waals surface area contributed by atoms with Crippen LogP contribution in [-0.2, 0) is 18.9 Å². The summed E-state index contributed by atoms with van der Waals surface area (Å²) >= 11 is 0. The van der Waals surface area contributed by atoms with E-state index >= 15 is 0 Å². The second kappa shape index (κ2) is 12.3. The minimum absolute atomic E-state index is 0.180. The summed E-state index contributed by atoms with van der Waals surface area (Å²) in [6, 6.07) is 8.21. The van der Waals surface area contributed by atoms with Gasteiger partial charge in [0.25, 0.3) is 0 Å². The maximum atomic E-state index is 5.93. The molecule has 2 aliphatic rings. The Balaban J connectivity index is 1.45. The van der Waals surface area contributed by atoms with Gasteiger partial charge in [-0.3, -0.25) is 0 Å². The highest BCUT2D eigenvalue weighted by Crippen LogP contribution is 2.31. The molecular weight excluding hydrogens is 368 g/mol. The standard InChI is InChI=1S/C24H36O5/c1-19-12-13-21(27-15-14-26-19)9-5-3-4-6-11-23(24-28-16-17-29-24)20-8-7-10-22(18-20)25-2/h4,6-8,10,18-19,21,23-24H,3,5,9,11-17H2,1-2H3/b6-4+. The van der Waals surface area contributed by atoms with E-state index in [0.29, 0.717) is 38.6 Å². The fraction of sp³-hybridized carbons (Fsp3) is 0.667. The number of benzene rings is 1. The third-order valence-corrected chi connectivity index (χ3v) is 5.69. The van der Waals surface area contributed by atoms with Gasteiger partial charge in [-0.2, -0.15) is 0 Å². The van der Waals surface area contributed by atoms with Crippen LogP contribution in [0.2, 0.25) is 0 Å². The first-order chi connectivity index (χ1) is 14.3. The lowest BCUT2D eigenvalue weighted by Crippen LogP contribution is -2.24. The molecule has 0 amide bonds. The van der Waals surface area contributed by atoms with Crippen LogP contribution in [0.5, 0.6) is 5.75 Å². The normalized spacial score (nSPS) is 25.0. The predicted octanol–water partition coefficient (Wildman–Crippen LogP) is 4.85. The molecule has 3 unspecified atom stereocenters. The lowest BCUT2D eigenvalue weighted by atomic mass is 9.94. The Hall–Kier alpha value is -1.40. The number of ether oxygens (including phenoxy) is 5. The molecule has 3 atom stereocenters. The molecule has 2 heterocycles. The van der Waals surface area contributed by atoms with E-state index in [1.165, 1.54) is 5.56 Å². The van der Waals surface area contributed by atoms with Crippen molar-refractivity contribution in [2.24, 2.45) is 0 Å². The molecule has 0 aliphatic carbocycles. The van der Waals surface area contributed by atoms with Crippen molar-refractivity contribution < 1.29 is 23.7 Å². The molecule has 29 heavy (non-hydrogen) atoms. The topological polar surface area (TPSA) is 46.2 Å². The molecule has 2 fully saturated rings. The van der Waals surface area contributed by atoms with E-state index in [2.05, 4.69) is 31.2 Å². The minimum Gasteiger partial charge on any atom is -0.497 e. The van der Waals surface area contributed by atoms with Gasteiger partial charge in [-0.15, -0.1) is 0 Å². The highest BCUT2D eigenvalue weighted by molar-refractivity contribution is 5.31. The second-order valence-corrected chi connectivity index (χ2v) is 7.88. The third-order valence-electron chi connectivity index (χ3n) is 5.69. The Morgan fingerprint density at radius 1 is 1.03 bits per heavy atom. The van der Waals surface area contributed by atoms with Crippen LogP contribution < -0.4 is 4.74 Å². The SMILES string of the molecule is COc1cccc(C(C/C=C/CCCC2CCC(C)OCCO2)C2OCCO2)c1. The Morgan fingerprint density at radius 3 is 2.66 bits per heavy atom. The summed E-state index contributed by atoms with van der Waals surface area (Å²) in [4.78, 5) is 0. The average Bonchev–Trinajstić information content (AvgIpc) is 3.26. The van der Waals surface area contributed by atoms with E-state index in [1.807, 2.05) is 12.1 Å². The average molecular weight is 405 g/mol. The number of methoxy groups -OCH3 is 1. The van der Waals surface area contributed by atoms with Crippen LogP contribution in [-0.4, -0.2) is 52.0 Å². The molecular formula is C24H36O5. The van der Waals surface area contributed by atoms with Crippen molar-refractivity contribution in [3.63, 3.8) is 0 Å². The molecule has 0 bridgehead atoms. The molecule has 162 valence electrons. The van der Waals surface area contributed by atoms with E-state index < -0.39 is 0 Å². The first kappa shape index (κ1) is 22.3. The molecule has 0 spiro atoms. The highest BCUT2D eigenvalue weighted by atomic mass is 16.7. The molecule has 0 N–H and O–H groups in total. The first-order valence-corrected chi connectivity index (χ1v) is 11.0. The fourth-order valence-corrected chi connectivity index (χ4v) is 3.99. The van der Waals surface area contributed by atoms with Crippen molar-refractivity contribution in [2.75, 3.05) is 33.5 Å². The second-order valence-electron chi connectivity index (χ2n) is 7.88. The van der Waals surface area contributed by atoms with Crippen molar-refractivity contribution in [1.29, 1.82) is 0 Å².